The van der Waals surface area contributed by atoms with E-state index < -0.39 is 27.9 Å². The van der Waals surface area contributed by atoms with Gasteiger partial charge >= 0.3 is 57.4 Å². The van der Waals surface area contributed by atoms with Crippen molar-refractivity contribution in [1.29, 1.82) is 0 Å². The minimum absolute atomic E-state index is 0. The molecule has 0 aromatic carbocycles. The molecule has 0 saturated heterocycles. The van der Waals surface area contributed by atoms with Crippen LogP contribution in [-0.4, -0.2) is 30.8 Å². The molecular weight excluding hydrogens is 463 g/mol. The van der Waals surface area contributed by atoms with E-state index in [1.807, 2.05) is 0 Å². The van der Waals surface area contributed by atoms with E-state index >= 15 is 0 Å². The van der Waals surface area contributed by atoms with E-state index in [2.05, 4.69) is 6.92 Å². The van der Waals surface area contributed by atoms with E-state index in [1.165, 1.54) is 116 Å². The molecule has 1 atom stereocenters. The van der Waals surface area contributed by atoms with Crippen molar-refractivity contribution < 1.29 is 73.9 Å². The molecule has 0 rings (SSSR count). The second-order valence-corrected chi connectivity index (χ2v) is 10.9. The maximum absolute atomic E-state index is 11.0. The number of unbranched alkanes of at least 4 members (excludes halogenated alkanes) is 19. The second kappa shape index (κ2) is 26.1. The standard InChI is InChI=1S/C26H52O5S.K/c1-3-4-5-6-7-8-9-10-11-12-13-14-15-16-17-18-19-20-21-22-23-26(31-25(2)27)24-32(28,29)30;/h26H,3-24H2,1-2H3,(H,28,29,30);/q;+1/p-1. The molecule has 0 amide bonds. The molecule has 0 heterocycles. The fourth-order valence-corrected chi connectivity index (χ4v) is 4.96. The Morgan fingerprint density at radius 1 is 0.667 bits per heavy atom. The summed E-state index contributed by atoms with van der Waals surface area (Å²) in [6, 6.07) is 0. The van der Waals surface area contributed by atoms with Crippen LogP contribution >= 0.6 is 0 Å². The van der Waals surface area contributed by atoms with Crippen molar-refractivity contribution in [1.82, 2.24) is 0 Å². The van der Waals surface area contributed by atoms with Crippen molar-refractivity contribution in [2.75, 3.05) is 5.75 Å². The first-order valence-electron chi connectivity index (χ1n) is 13.5. The predicted molar refractivity (Wildman–Crippen MR) is 133 cm³/mol. The van der Waals surface area contributed by atoms with E-state index in [0.29, 0.717) is 6.42 Å². The molecule has 0 fully saturated rings. The molecule has 0 bridgehead atoms. The third-order valence-electron chi connectivity index (χ3n) is 6.10. The molecule has 192 valence electrons. The van der Waals surface area contributed by atoms with Gasteiger partial charge in [-0.3, -0.25) is 4.79 Å². The summed E-state index contributed by atoms with van der Waals surface area (Å²) < 4.78 is 37.6. The molecule has 7 heteroatoms. The maximum Gasteiger partial charge on any atom is 1.00 e. The zero-order valence-corrected chi connectivity index (χ0v) is 26.0. The Labute approximate surface area is 248 Å². The summed E-state index contributed by atoms with van der Waals surface area (Å²) in [5.41, 5.74) is 0. The summed E-state index contributed by atoms with van der Waals surface area (Å²) in [6.07, 6.45) is 25.8. The molecule has 0 N–H and O–H groups in total. The smallest absolute Gasteiger partial charge is 0.748 e. The Bertz CT molecular complexity index is 525. The van der Waals surface area contributed by atoms with E-state index in [-0.39, 0.29) is 51.4 Å². The first-order chi connectivity index (χ1) is 15.3. The normalized spacial score (nSPS) is 12.3. The maximum atomic E-state index is 11.0. The molecule has 5 nitrogen and oxygen atoms in total. The predicted octanol–water partition coefficient (Wildman–Crippen LogP) is 4.68. The Kier molecular flexibility index (Phi) is 28.6. The van der Waals surface area contributed by atoms with E-state index in [0.717, 1.165) is 19.3 Å². The third kappa shape index (κ3) is 31.0. The molecule has 1 unspecified atom stereocenters. The molecule has 0 aromatic heterocycles. The zero-order valence-electron chi connectivity index (χ0n) is 22.1. The molecular formula is C26H51KO5S. The number of ether oxygens (including phenoxy) is 1. The first kappa shape index (κ1) is 36.2. The van der Waals surface area contributed by atoms with Crippen LogP contribution in [0.25, 0.3) is 0 Å². The number of carbonyl (C=O) groups excluding carboxylic acids is 1. The summed E-state index contributed by atoms with van der Waals surface area (Å²) in [4.78, 5) is 11.0. The van der Waals surface area contributed by atoms with Crippen molar-refractivity contribution in [3.8, 4) is 0 Å². The molecule has 0 radical (unpaired) electrons. The second-order valence-electron chi connectivity index (χ2n) is 9.46. The van der Waals surface area contributed by atoms with Crippen LogP contribution < -0.4 is 51.4 Å². The van der Waals surface area contributed by atoms with Gasteiger partial charge in [0.1, 0.15) is 6.10 Å². The average molecular weight is 515 g/mol. The largest absolute Gasteiger partial charge is 1.00 e. The minimum atomic E-state index is -4.37. The van der Waals surface area contributed by atoms with Crippen LogP contribution in [0.4, 0.5) is 0 Å². The van der Waals surface area contributed by atoms with Gasteiger partial charge in [-0.05, 0) is 12.8 Å². The van der Waals surface area contributed by atoms with Crippen LogP contribution in [-0.2, 0) is 19.6 Å². The van der Waals surface area contributed by atoms with E-state index in [9.17, 15) is 17.8 Å². The fraction of sp³-hybridized carbons (Fsp3) is 0.962. The van der Waals surface area contributed by atoms with Crippen LogP contribution in [0.15, 0.2) is 0 Å². The van der Waals surface area contributed by atoms with Gasteiger partial charge in [-0.25, -0.2) is 8.42 Å². The summed E-state index contributed by atoms with van der Waals surface area (Å²) in [6.45, 7) is 3.51. The van der Waals surface area contributed by atoms with Crippen LogP contribution in [0.1, 0.15) is 149 Å². The molecule has 0 aliphatic heterocycles. The van der Waals surface area contributed by atoms with Gasteiger partial charge in [0.2, 0.25) is 0 Å². The van der Waals surface area contributed by atoms with Crippen LogP contribution in [0.5, 0.6) is 0 Å². The van der Waals surface area contributed by atoms with Crippen LogP contribution in [0, 0.1) is 0 Å². The van der Waals surface area contributed by atoms with Crippen LogP contribution in [0.2, 0.25) is 0 Å². The van der Waals surface area contributed by atoms with Gasteiger partial charge in [0, 0.05) is 6.92 Å². The molecule has 0 aromatic rings. The van der Waals surface area contributed by atoms with Crippen molar-refractivity contribution in [2.24, 2.45) is 0 Å². The van der Waals surface area contributed by atoms with Gasteiger partial charge in [0.05, 0.1) is 15.9 Å². The molecule has 0 aliphatic carbocycles. The fourth-order valence-electron chi connectivity index (χ4n) is 4.27. The van der Waals surface area contributed by atoms with Gasteiger partial charge in [0.15, 0.2) is 0 Å². The van der Waals surface area contributed by atoms with E-state index in [4.69, 9.17) is 4.74 Å². The SMILES string of the molecule is CCCCCCCCCCCCCCCCCCCCCCC(CS(=O)(=O)[O-])OC(C)=O.[K+]. The van der Waals surface area contributed by atoms with Crippen LogP contribution in [0.3, 0.4) is 0 Å². The average Bonchev–Trinajstić information content (AvgIpc) is 2.70. The monoisotopic (exact) mass is 514 g/mol. The number of hydrogen-bond acceptors (Lipinski definition) is 5. The molecule has 0 aliphatic rings. The Morgan fingerprint density at radius 2 is 0.970 bits per heavy atom. The summed E-state index contributed by atoms with van der Waals surface area (Å²) in [5.74, 6) is -1.15. The number of rotatable bonds is 24. The van der Waals surface area contributed by atoms with Crippen molar-refractivity contribution in [3.05, 3.63) is 0 Å². The van der Waals surface area contributed by atoms with Gasteiger partial charge < -0.3 is 9.29 Å². The Morgan fingerprint density at radius 3 is 1.24 bits per heavy atom. The number of esters is 1. The van der Waals surface area contributed by atoms with Crippen molar-refractivity contribution in [2.45, 2.75) is 155 Å². The number of hydrogen-bond donors (Lipinski definition) is 0. The molecule has 0 saturated carbocycles. The van der Waals surface area contributed by atoms with Gasteiger partial charge in [0.25, 0.3) is 0 Å². The Balaban J connectivity index is 0. The molecule has 33 heavy (non-hydrogen) atoms. The van der Waals surface area contributed by atoms with Crippen molar-refractivity contribution in [3.63, 3.8) is 0 Å². The van der Waals surface area contributed by atoms with E-state index in [1.54, 1.807) is 0 Å². The first-order valence-corrected chi connectivity index (χ1v) is 15.0. The number of carbonyl (C=O) groups is 1. The minimum Gasteiger partial charge on any atom is -0.748 e. The third-order valence-corrected chi connectivity index (χ3v) is 6.88. The summed E-state index contributed by atoms with van der Waals surface area (Å²) >= 11 is 0. The summed E-state index contributed by atoms with van der Waals surface area (Å²) in [7, 11) is -4.37. The van der Waals surface area contributed by atoms with Gasteiger partial charge in [-0.15, -0.1) is 0 Å². The molecule has 0 spiro atoms. The Hall–Kier alpha value is 1.02. The van der Waals surface area contributed by atoms with Gasteiger partial charge in [-0.1, -0.05) is 129 Å². The van der Waals surface area contributed by atoms with Crippen molar-refractivity contribution >= 4 is 16.1 Å². The summed E-state index contributed by atoms with van der Waals surface area (Å²) in [5, 5.41) is 0. The quantitative estimate of drug-likeness (QED) is 0.0808. The van der Waals surface area contributed by atoms with Gasteiger partial charge in [-0.2, -0.15) is 0 Å². The zero-order chi connectivity index (χ0) is 23.9. The topological polar surface area (TPSA) is 83.5 Å².